The Hall–Kier alpha value is -2.77. The summed E-state index contributed by atoms with van der Waals surface area (Å²) in [5.74, 6) is -0.215. The predicted octanol–water partition coefficient (Wildman–Crippen LogP) is 0.716. The van der Waals surface area contributed by atoms with Crippen molar-refractivity contribution in [3.05, 3.63) is 29.8 Å². The molecule has 0 aliphatic rings. The largest absolute Gasteiger partial charge is 0.469 e. The van der Waals surface area contributed by atoms with Crippen LogP contribution in [0.25, 0.3) is 11.4 Å². The van der Waals surface area contributed by atoms with Gasteiger partial charge in [-0.25, -0.2) is 0 Å². The zero-order valence-electron chi connectivity index (χ0n) is 13.3. The second-order valence-electron chi connectivity index (χ2n) is 5.26. The first kappa shape index (κ1) is 16.6. The summed E-state index contributed by atoms with van der Waals surface area (Å²) in [7, 11) is 1.31. The highest BCUT2D eigenvalue weighted by Crippen LogP contribution is 2.13. The van der Waals surface area contributed by atoms with Crippen LogP contribution >= 0.6 is 0 Å². The SMILES string of the molecule is COC(=O)C[C@@H](C)NC(=O)Cn1nnc(-c2ccc(C)cc2)n1. The van der Waals surface area contributed by atoms with E-state index in [2.05, 4.69) is 25.5 Å². The molecule has 8 heteroatoms. The van der Waals surface area contributed by atoms with Crippen molar-refractivity contribution in [2.75, 3.05) is 7.11 Å². The lowest BCUT2D eigenvalue weighted by atomic mass is 10.1. The van der Waals surface area contributed by atoms with Gasteiger partial charge in [0.2, 0.25) is 11.7 Å². The van der Waals surface area contributed by atoms with Gasteiger partial charge in [-0.05, 0) is 19.1 Å². The summed E-state index contributed by atoms with van der Waals surface area (Å²) in [5.41, 5.74) is 1.97. The Morgan fingerprint density at radius 1 is 1.30 bits per heavy atom. The molecule has 122 valence electrons. The number of nitrogens with one attached hydrogen (secondary N) is 1. The Morgan fingerprint density at radius 3 is 2.65 bits per heavy atom. The Bertz CT molecular complexity index is 681. The highest BCUT2D eigenvalue weighted by atomic mass is 16.5. The number of tetrazole rings is 1. The first-order valence-electron chi connectivity index (χ1n) is 7.19. The molecule has 0 unspecified atom stereocenters. The van der Waals surface area contributed by atoms with E-state index in [1.54, 1.807) is 6.92 Å². The van der Waals surface area contributed by atoms with Gasteiger partial charge < -0.3 is 10.1 Å². The maximum Gasteiger partial charge on any atom is 0.307 e. The molecule has 1 aromatic carbocycles. The number of methoxy groups -OCH3 is 1. The minimum Gasteiger partial charge on any atom is -0.469 e. The van der Waals surface area contributed by atoms with Gasteiger partial charge in [-0.1, -0.05) is 29.8 Å². The molecule has 2 rings (SSSR count). The normalized spacial score (nSPS) is 11.8. The second-order valence-corrected chi connectivity index (χ2v) is 5.26. The van der Waals surface area contributed by atoms with Gasteiger partial charge in [-0.15, -0.1) is 10.2 Å². The van der Waals surface area contributed by atoms with Crippen LogP contribution in [0, 0.1) is 6.92 Å². The number of amides is 1. The number of carbonyl (C=O) groups excluding carboxylic acids is 2. The molecule has 0 saturated heterocycles. The van der Waals surface area contributed by atoms with E-state index in [4.69, 9.17) is 0 Å². The number of benzene rings is 1. The third-order valence-corrected chi connectivity index (χ3v) is 3.16. The Morgan fingerprint density at radius 2 is 2.00 bits per heavy atom. The number of hydrogen-bond donors (Lipinski definition) is 1. The molecule has 0 radical (unpaired) electrons. The standard InChI is InChI=1S/C15H19N5O3/c1-10-4-6-12(7-5-10)15-17-19-20(18-15)9-13(21)16-11(2)8-14(22)23-3/h4-7,11H,8-9H2,1-3H3,(H,16,21)/t11-/m1/s1. The molecular formula is C15H19N5O3. The molecule has 23 heavy (non-hydrogen) atoms. The van der Waals surface area contributed by atoms with E-state index in [9.17, 15) is 9.59 Å². The molecule has 1 amide bonds. The van der Waals surface area contributed by atoms with Crippen molar-refractivity contribution < 1.29 is 14.3 Å². The third-order valence-electron chi connectivity index (χ3n) is 3.16. The number of aromatic nitrogens is 4. The monoisotopic (exact) mass is 317 g/mol. The van der Waals surface area contributed by atoms with Gasteiger partial charge in [0, 0.05) is 11.6 Å². The fraction of sp³-hybridized carbons (Fsp3) is 0.400. The van der Waals surface area contributed by atoms with Crippen molar-refractivity contribution in [2.45, 2.75) is 32.9 Å². The van der Waals surface area contributed by atoms with Crippen LogP contribution in [0.3, 0.4) is 0 Å². The number of hydrogen-bond acceptors (Lipinski definition) is 6. The van der Waals surface area contributed by atoms with Crippen molar-refractivity contribution in [3.8, 4) is 11.4 Å². The smallest absolute Gasteiger partial charge is 0.307 e. The van der Waals surface area contributed by atoms with Gasteiger partial charge in [0.25, 0.3) is 0 Å². The molecular weight excluding hydrogens is 298 g/mol. The van der Waals surface area contributed by atoms with Crippen molar-refractivity contribution in [3.63, 3.8) is 0 Å². The summed E-state index contributed by atoms with van der Waals surface area (Å²) >= 11 is 0. The summed E-state index contributed by atoms with van der Waals surface area (Å²) in [6.45, 7) is 3.65. The Balaban J connectivity index is 1.92. The number of carbonyl (C=O) groups is 2. The van der Waals surface area contributed by atoms with Gasteiger partial charge in [-0.2, -0.15) is 4.80 Å². The minimum atomic E-state index is -0.377. The number of aryl methyl sites for hydroxylation is 1. The van der Waals surface area contributed by atoms with Crippen LogP contribution < -0.4 is 5.32 Å². The van der Waals surface area contributed by atoms with Crippen LogP contribution in [0.2, 0.25) is 0 Å². The minimum absolute atomic E-state index is 0.0651. The van der Waals surface area contributed by atoms with E-state index in [0.717, 1.165) is 11.1 Å². The van der Waals surface area contributed by atoms with Crippen LogP contribution in [-0.2, 0) is 20.9 Å². The predicted molar refractivity (Wildman–Crippen MR) is 82.2 cm³/mol. The van der Waals surface area contributed by atoms with Gasteiger partial charge in [0.1, 0.15) is 6.54 Å². The highest BCUT2D eigenvalue weighted by molar-refractivity contribution is 5.77. The van der Waals surface area contributed by atoms with E-state index in [1.807, 2.05) is 31.2 Å². The first-order valence-corrected chi connectivity index (χ1v) is 7.19. The second kappa shape index (κ2) is 7.48. The lowest BCUT2D eigenvalue weighted by molar-refractivity contribution is -0.141. The van der Waals surface area contributed by atoms with Crippen molar-refractivity contribution in [2.24, 2.45) is 0 Å². The van der Waals surface area contributed by atoms with E-state index in [1.165, 1.54) is 11.9 Å². The average Bonchev–Trinajstić information content (AvgIpc) is 2.95. The molecule has 0 fully saturated rings. The highest BCUT2D eigenvalue weighted by Gasteiger charge is 2.14. The fourth-order valence-electron chi connectivity index (χ4n) is 1.96. The lowest BCUT2D eigenvalue weighted by Crippen LogP contribution is -2.37. The van der Waals surface area contributed by atoms with Crippen LogP contribution in [0.1, 0.15) is 18.9 Å². The van der Waals surface area contributed by atoms with Gasteiger partial charge in [0.15, 0.2) is 0 Å². The zero-order chi connectivity index (χ0) is 16.8. The summed E-state index contributed by atoms with van der Waals surface area (Å²) in [6.07, 6.45) is 0.113. The number of ether oxygens (including phenoxy) is 1. The van der Waals surface area contributed by atoms with E-state index >= 15 is 0 Å². The zero-order valence-corrected chi connectivity index (χ0v) is 13.3. The summed E-state index contributed by atoms with van der Waals surface area (Å²) < 4.78 is 4.55. The van der Waals surface area contributed by atoms with Crippen LogP contribution in [-0.4, -0.2) is 45.2 Å². The average molecular weight is 317 g/mol. The molecule has 0 bridgehead atoms. The Labute approximate surface area is 133 Å². The molecule has 1 N–H and O–H groups in total. The number of nitrogens with zero attached hydrogens (tertiary/aromatic N) is 4. The molecule has 1 aromatic heterocycles. The van der Waals surface area contributed by atoms with Crippen molar-refractivity contribution in [1.29, 1.82) is 0 Å². The fourth-order valence-corrected chi connectivity index (χ4v) is 1.96. The van der Waals surface area contributed by atoms with Crippen LogP contribution in [0.15, 0.2) is 24.3 Å². The van der Waals surface area contributed by atoms with E-state index in [0.29, 0.717) is 5.82 Å². The van der Waals surface area contributed by atoms with E-state index < -0.39 is 0 Å². The third kappa shape index (κ3) is 4.87. The van der Waals surface area contributed by atoms with Crippen LogP contribution in [0.4, 0.5) is 0 Å². The molecule has 0 aliphatic carbocycles. The quantitative estimate of drug-likeness (QED) is 0.788. The first-order chi connectivity index (χ1) is 11.0. The summed E-state index contributed by atoms with van der Waals surface area (Å²) in [6, 6.07) is 7.38. The molecule has 0 saturated carbocycles. The van der Waals surface area contributed by atoms with Gasteiger partial charge in [0.05, 0.1) is 13.5 Å². The molecule has 2 aromatic rings. The molecule has 0 spiro atoms. The number of rotatable bonds is 6. The van der Waals surface area contributed by atoms with Crippen molar-refractivity contribution in [1.82, 2.24) is 25.5 Å². The molecule has 0 aliphatic heterocycles. The summed E-state index contributed by atoms with van der Waals surface area (Å²) in [4.78, 5) is 24.2. The number of esters is 1. The molecule has 8 nitrogen and oxygen atoms in total. The Kier molecular flexibility index (Phi) is 5.40. The van der Waals surface area contributed by atoms with E-state index in [-0.39, 0.29) is 30.9 Å². The maximum atomic E-state index is 11.9. The molecule has 1 heterocycles. The van der Waals surface area contributed by atoms with Gasteiger partial charge in [-0.3, -0.25) is 9.59 Å². The van der Waals surface area contributed by atoms with Gasteiger partial charge >= 0.3 is 5.97 Å². The lowest BCUT2D eigenvalue weighted by Gasteiger charge is -2.11. The topological polar surface area (TPSA) is 99.0 Å². The van der Waals surface area contributed by atoms with Crippen molar-refractivity contribution >= 4 is 11.9 Å². The van der Waals surface area contributed by atoms with Crippen LogP contribution in [0.5, 0.6) is 0 Å². The molecule has 1 atom stereocenters. The maximum absolute atomic E-state index is 11.9. The summed E-state index contributed by atoms with van der Waals surface area (Å²) in [5, 5.41) is 14.7.